The van der Waals surface area contributed by atoms with Gasteiger partial charge in [0.2, 0.25) is 0 Å². The van der Waals surface area contributed by atoms with E-state index in [1.807, 2.05) is 4.90 Å². The van der Waals surface area contributed by atoms with Crippen LogP contribution in [0, 0.1) is 0 Å². The van der Waals surface area contributed by atoms with Gasteiger partial charge in [-0.15, -0.1) is 10.2 Å². The van der Waals surface area contributed by atoms with Gasteiger partial charge >= 0.3 is 24.3 Å². The maximum Gasteiger partial charge on any atom is 0.490 e. The molecule has 11 nitrogen and oxygen atoms in total. The fourth-order valence-corrected chi connectivity index (χ4v) is 3.53. The van der Waals surface area contributed by atoms with Crippen LogP contribution < -0.4 is 0 Å². The number of fused-ring (bicyclic) bond motifs is 1. The number of aliphatic carboxylic acids is 2. The summed E-state index contributed by atoms with van der Waals surface area (Å²) in [4.78, 5) is 38.7. The molecule has 2 N–H and O–H groups in total. The second kappa shape index (κ2) is 13.2. The Morgan fingerprint density at radius 3 is 1.84 bits per heavy atom. The third-order valence-electron chi connectivity index (χ3n) is 5.31. The highest BCUT2D eigenvalue weighted by Gasteiger charge is 2.38. The second-order valence-corrected chi connectivity index (χ2v) is 8.09. The number of amides is 1. The third-order valence-corrected chi connectivity index (χ3v) is 5.31. The van der Waals surface area contributed by atoms with Crippen molar-refractivity contribution in [1.29, 1.82) is 0 Å². The molecule has 4 heterocycles. The highest BCUT2D eigenvalue weighted by atomic mass is 19.4. The maximum atomic E-state index is 12.7. The van der Waals surface area contributed by atoms with Crippen LogP contribution in [0.25, 0.3) is 0 Å². The first-order valence-electron chi connectivity index (χ1n) is 11.1. The van der Waals surface area contributed by atoms with Crippen molar-refractivity contribution < 1.29 is 50.9 Å². The molecule has 2 aliphatic rings. The Bertz CT molecular complexity index is 1060. The van der Waals surface area contributed by atoms with Gasteiger partial charge in [0.15, 0.2) is 5.82 Å². The molecule has 1 amide bonds. The minimum atomic E-state index is -5.08. The summed E-state index contributed by atoms with van der Waals surface area (Å²) in [5.41, 5.74) is 0.676. The number of rotatable bonds is 3. The SMILES string of the molecule is O=C(O)C(F)(F)F.O=C(O)C(F)(F)F.O=C(c1ccncc1)N1CCCn2c(CN3CCCC3)nnc2C1. The minimum absolute atomic E-state index is 0.0370. The lowest BCUT2D eigenvalue weighted by atomic mass is 10.2. The van der Waals surface area contributed by atoms with Crippen LogP contribution in [0.2, 0.25) is 0 Å². The summed E-state index contributed by atoms with van der Waals surface area (Å²) >= 11 is 0. The highest BCUT2D eigenvalue weighted by Crippen LogP contribution is 2.18. The van der Waals surface area contributed by atoms with Crippen LogP contribution in [0.15, 0.2) is 24.5 Å². The molecule has 1 saturated heterocycles. The van der Waals surface area contributed by atoms with Gasteiger partial charge < -0.3 is 19.7 Å². The van der Waals surface area contributed by atoms with E-state index >= 15 is 0 Å². The summed E-state index contributed by atoms with van der Waals surface area (Å²) in [6, 6.07) is 3.52. The number of carboxylic acids is 2. The van der Waals surface area contributed by atoms with Gasteiger partial charge in [-0.1, -0.05) is 0 Å². The molecule has 0 aliphatic carbocycles. The number of aromatic nitrogens is 4. The molecule has 0 spiro atoms. The summed E-state index contributed by atoms with van der Waals surface area (Å²) in [5, 5.41) is 23.0. The molecule has 2 aromatic heterocycles. The molecule has 17 heteroatoms. The van der Waals surface area contributed by atoms with Crippen molar-refractivity contribution in [3.63, 3.8) is 0 Å². The van der Waals surface area contributed by atoms with Crippen molar-refractivity contribution in [2.45, 2.75) is 51.2 Å². The van der Waals surface area contributed by atoms with Gasteiger partial charge in [-0.05, 0) is 44.5 Å². The Morgan fingerprint density at radius 2 is 1.34 bits per heavy atom. The molecule has 0 radical (unpaired) electrons. The molecular weight excluding hydrogens is 530 g/mol. The maximum absolute atomic E-state index is 12.7. The van der Waals surface area contributed by atoms with Crippen LogP contribution >= 0.6 is 0 Å². The van der Waals surface area contributed by atoms with Crippen molar-refractivity contribution in [2.75, 3.05) is 19.6 Å². The topological polar surface area (TPSA) is 142 Å². The van der Waals surface area contributed by atoms with E-state index in [1.54, 1.807) is 24.5 Å². The lowest BCUT2D eigenvalue weighted by molar-refractivity contribution is -0.193. The largest absolute Gasteiger partial charge is 0.490 e. The number of halogens is 6. The highest BCUT2D eigenvalue weighted by molar-refractivity contribution is 5.94. The third kappa shape index (κ3) is 9.28. The molecule has 38 heavy (non-hydrogen) atoms. The van der Waals surface area contributed by atoms with Gasteiger partial charge in [-0.3, -0.25) is 14.7 Å². The number of hydrogen-bond acceptors (Lipinski definition) is 7. The van der Waals surface area contributed by atoms with Gasteiger partial charge in [0.1, 0.15) is 5.82 Å². The Balaban J connectivity index is 0.000000301. The van der Waals surface area contributed by atoms with Gasteiger partial charge in [-0.2, -0.15) is 26.3 Å². The van der Waals surface area contributed by atoms with Crippen molar-refractivity contribution in [3.05, 3.63) is 41.7 Å². The van der Waals surface area contributed by atoms with Crippen LogP contribution in [0.5, 0.6) is 0 Å². The Kier molecular flexibility index (Phi) is 10.5. The predicted molar refractivity (Wildman–Crippen MR) is 116 cm³/mol. The Labute approximate surface area is 211 Å². The van der Waals surface area contributed by atoms with E-state index in [1.165, 1.54) is 12.8 Å². The number of carboxylic acid groups (broad SMARTS) is 2. The molecule has 0 aromatic carbocycles. The number of alkyl halides is 6. The molecule has 0 atom stereocenters. The van der Waals surface area contributed by atoms with Gasteiger partial charge in [0.25, 0.3) is 5.91 Å². The lowest BCUT2D eigenvalue weighted by Gasteiger charge is -2.19. The van der Waals surface area contributed by atoms with E-state index in [2.05, 4.69) is 24.6 Å². The minimum Gasteiger partial charge on any atom is -0.475 e. The fraction of sp³-hybridized carbons (Fsp3) is 0.524. The molecule has 0 bridgehead atoms. The zero-order valence-corrected chi connectivity index (χ0v) is 19.7. The molecular formula is C21H24F6N6O5. The van der Waals surface area contributed by atoms with Crippen molar-refractivity contribution in [3.8, 4) is 0 Å². The standard InChI is InChI=1S/C17H22N6O.2C2HF3O2/c24-17(14-4-6-18-7-5-14)22-10-3-11-23-15(19-20-16(23)13-22)12-21-8-1-2-9-21;2*3-2(4,5)1(6)7/h4-7H,1-3,8-13H2;2*(H,6,7). The average Bonchev–Trinajstić information content (AvgIpc) is 3.43. The van der Waals surface area contributed by atoms with Crippen LogP contribution in [0.1, 0.15) is 41.3 Å². The van der Waals surface area contributed by atoms with Crippen molar-refractivity contribution in [1.82, 2.24) is 29.5 Å². The van der Waals surface area contributed by atoms with E-state index in [0.717, 1.165) is 50.8 Å². The smallest absolute Gasteiger partial charge is 0.475 e. The predicted octanol–water partition coefficient (Wildman–Crippen LogP) is 2.58. The summed E-state index contributed by atoms with van der Waals surface area (Å²) in [7, 11) is 0. The van der Waals surface area contributed by atoms with Crippen molar-refractivity contribution in [2.24, 2.45) is 0 Å². The summed E-state index contributed by atoms with van der Waals surface area (Å²) in [6.45, 7) is 5.31. The number of carbonyl (C=O) groups excluding carboxylic acids is 1. The zero-order valence-electron chi connectivity index (χ0n) is 19.7. The molecule has 210 valence electrons. The van der Waals surface area contributed by atoms with E-state index in [-0.39, 0.29) is 5.91 Å². The van der Waals surface area contributed by atoms with E-state index in [9.17, 15) is 31.1 Å². The summed E-state index contributed by atoms with van der Waals surface area (Å²) in [5.74, 6) is -3.55. The van der Waals surface area contributed by atoms with Gasteiger partial charge in [0, 0.05) is 31.0 Å². The molecule has 0 saturated carbocycles. The van der Waals surface area contributed by atoms with Crippen molar-refractivity contribution >= 4 is 17.8 Å². The molecule has 0 unspecified atom stereocenters. The number of likely N-dealkylation sites (tertiary alicyclic amines) is 1. The number of nitrogens with zero attached hydrogens (tertiary/aromatic N) is 6. The monoisotopic (exact) mass is 554 g/mol. The first-order chi connectivity index (χ1) is 17.7. The number of pyridine rings is 1. The Hall–Kier alpha value is -3.76. The number of hydrogen-bond donors (Lipinski definition) is 2. The normalized spacial score (nSPS) is 15.8. The molecule has 4 rings (SSSR count). The first-order valence-corrected chi connectivity index (χ1v) is 11.1. The Morgan fingerprint density at radius 1 is 0.816 bits per heavy atom. The zero-order chi connectivity index (χ0) is 28.5. The first kappa shape index (κ1) is 30.5. The lowest BCUT2D eigenvalue weighted by Crippen LogP contribution is -2.31. The van der Waals surface area contributed by atoms with E-state index in [4.69, 9.17) is 19.8 Å². The fourth-order valence-electron chi connectivity index (χ4n) is 3.53. The van der Waals surface area contributed by atoms with Gasteiger partial charge in [0.05, 0.1) is 13.1 Å². The molecule has 2 aliphatic heterocycles. The quantitative estimate of drug-likeness (QED) is 0.548. The molecule has 2 aromatic rings. The van der Waals surface area contributed by atoms with Gasteiger partial charge in [-0.25, -0.2) is 9.59 Å². The van der Waals surface area contributed by atoms with Crippen LogP contribution in [-0.2, 0) is 29.2 Å². The van der Waals surface area contributed by atoms with Crippen LogP contribution in [0.4, 0.5) is 26.3 Å². The molecule has 1 fully saturated rings. The number of carbonyl (C=O) groups is 3. The summed E-state index contributed by atoms with van der Waals surface area (Å²) in [6.07, 6.45) is -3.39. The average molecular weight is 554 g/mol. The van der Waals surface area contributed by atoms with E-state index in [0.29, 0.717) is 12.1 Å². The van der Waals surface area contributed by atoms with Crippen LogP contribution in [-0.4, -0.2) is 89.6 Å². The van der Waals surface area contributed by atoms with Crippen LogP contribution in [0.3, 0.4) is 0 Å². The van der Waals surface area contributed by atoms with E-state index < -0.39 is 24.3 Å². The summed E-state index contributed by atoms with van der Waals surface area (Å²) < 4.78 is 65.7. The second-order valence-electron chi connectivity index (χ2n) is 8.09.